The van der Waals surface area contributed by atoms with E-state index < -0.39 is 0 Å². The van der Waals surface area contributed by atoms with Crippen LogP contribution in [0.3, 0.4) is 0 Å². The lowest BCUT2D eigenvalue weighted by atomic mass is 10.0. The number of likely N-dealkylation sites (N-methyl/N-ethyl adjacent to an activating group) is 2. The van der Waals surface area contributed by atoms with Crippen molar-refractivity contribution in [3.05, 3.63) is 0 Å². The van der Waals surface area contributed by atoms with Crippen molar-refractivity contribution in [3.63, 3.8) is 0 Å². The van der Waals surface area contributed by atoms with Gasteiger partial charge in [-0.3, -0.25) is 0 Å². The van der Waals surface area contributed by atoms with Crippen LogP contribution in [0.4, 0.5) is 0 Å². The van der Waals surface area contributed by atoms with Gasteiger partial charge in [-0.2, -0.15) is 0 Å². The molecule has 1 aliphatic heterocycles. The summed E-state index contributed by atoms with van der Waals surface area (Å²) in [7, 11) is 4.25. The Morgan fingerprint density at radius 2 is 2.30 bits per heavy atom. The summed E-state index contributed by atoms with van der Waals surface area (Å²) < 4.78 is 0. The van der Waals surface area contributed by atoms with E-state index in [1.807, 2.05) is 7.05 Å². The molecule has 2 heteroatoms. The second-order valence-corrected chi connectivity index (χ2v) is 3.19. The maximum Gasteiger partial charge on any atom is 0.0217 e. The van der Waals surface area contributed by atoms with Crippen molar-refractivity contribution in [1.29, 1.82) is 0 Å². The fourth-order valence-corrected chi connectivity index (χ4v) is 1.64. The van der Waals surface area contributed by atoms with Gasteiger partial charge in [0.15, 0.2) is 0 Å². The molecule has 0 aromatic carbocycles. The fourth-order valence-electron chi connectivity index (χ4n) is 1.64. The van der Waals surface area contributed by atoms with Crippen molar-refractivity contribution in [3.8, 4) is 0 Å². The van der Waals surface area contributed by atoms with Gasteiger partial charge in [0.05, 0.1) is 0 Å². The highest BCUT2D eigenvalue weighted by atomic mass is 15.1. The van der Waals surface area contributed by atoms with Crippen molar-refractivity contribution in [2.24, 2.45) is 0 Å². The maximum atomic E-state index is 3.23. The summed E-state index contributed by atoms with van der Waals surface area (Å²) in [6.07, 6.45) is 4.17. The molecule has 0 spiro atoms. The number of nitrogens with one attached hydrogen (secondary N) is 1. The molecule has 0 radical (unpaired) electrons. The van der Waals surface area contributed by atoms with E-state index in [2.05, 4.69) is 17.3 Å². The van der Waals surface area contributed by atoms with Crippen LogP contribution in [0.5, 0.6) is 0 Å². The summed E-state index contributed by atoms with van der Waals surface area (Å²) in [5.74, 6) is 0. The molecule has 1 rings (SSSR count). The largest absolute Gasteiger partial charge is 0.318 e. The highest BCUT2D eigenvalue weighted by Gasteiger charge is 2.16. The summed E-state index contributed by atoms with van der Waals surface area (Å²) in [6, 6.07) is 0.791. The molecule has 1 unspecified atom stereocenters. The third-order valence-corrected chi connectivity index (χ3v) is 2.36. The monoisotopic (exact) mass is 142 g/mol. The predicted octanol–water partition coefficient (Wildman–Crippen LogP) is 0.690. The Morgan fingerprint density at radius 3 is 2.90 bits per heavy atom. The van der Waals surface area contributed by atoms with Crippen molar-refractivity contribution >= 4 is 0 Å². The number of rotatable bonds is 2. The number of hydrogen-bond donors (Lipinski definition) is 1. The molecule has 2 nitrogen and oxygen atoms in total. The van der Waals surface area contributed by atoms with Gasteiger partial charge in [0, 0.05) is 12.6 Å². The lowest BCUT2D eigenvalue weighted by Crippen LogP contribution is -2.42. The summed E-state index contributed by atoms with van der Waals surface area (Å²) in [6.45, 7) is 2.43. The molecule has 0 aromatic rings. The number of likely N-dealkylation sites (tertiary alicyclic amines) is 1. The lowest BCUT2D eigenvalue weighted by molar-refractivity contribution is 0.184. The van der Waals surface area contributed by atoms with Gasteiger partial charge in [-0.05, 0) is 33.5 Å². The van der Waals surface area contributed by atoms with E-state index in [-0.39, 0.29) is 0 Å². The minimum Gasteiger partial charge on any atom is -0.318 e. The molecule has 1 atom stereocenters. The van der Waals surface area contributed by atoms with Gasteiger partial charge < -0.3 is 10.2 Å². The van der Waals surface area contributed by atoms with Crippen LogP contribution < -0.4 is 5.32 Å². The Bertz CT molecular complexity index is 91.3. The van der Waals surface area contributed by atoms with Gasteiger partial charge in [0.25, 0.3) is 0 Å². The van der Waals surface area contributed by atoms with E-state index in [1.165, 1.54) is 25.8 Å². The third-order valence-electron chi connectivity index (χ3n) is 2.36. The highest BCUT2D eigenvalue weighted by molar-refractivity contribution is 4.74. The lowest BCUT2D eigenvalue weighted by Gasteiger charge is -2.32. The normalized spacial score (nSPS) is 28.8. The summed E-state index contributed by atoms with van der Waals surface area (Å²) >= 11 is 0. The second-order valence-electron chi connectivity index (χ2n) is 3.19. The van der Waals surface area contributed by atoms with Crippen LogP contribution in [0.15, 0.2) is 0 Å². The zero-order chi connectivity index (χ0) is 7.40. The van der Waals surface area contributed by atoms with Gasteiger partial charge >= 0.3 is 0 Å². The first-order chi connectivity index (χ1) is 4.84. The zero-order valence-corrected chi connectivity index (χ0v) is 7.06. The molecular weight excluding hydrogens is 124 g/mol. The Balaban J connectivity index is 2.25. The molecule has 1 fully saturated rings. The number of nitrogens with zero attached hydrogens (tertiary/aromatic N) is 1. The van der Waals surface area contributed by atoms with Crippen LogP contribution in [0.25, 0.3) is 0 Å². The Morgan fingerprint density at radius 1 is 1.50 bits per heavy atom. The molecule has 60 valence electrons. The minimum absolute atomic E-state index is 0.791. The zero-order valence-electron chi connectivity index (χ0n) is 7.06. The van der Waals surface area contributed by atoms with E-state index in [0.29, 0.717) is 0 Å². The summed E-state index contributed by atoms with van der Waals surface area (Å²) in [5, 5.41) is 3.23. The van der Waals surface area contributed by atoms with Gasteiger partial charge in [0.2, 0.25) is 0 Å². The molecule has 0 amide bonds. The van der Waals surface area contributed by atoms with Crippen LogP contribution in [-0.2, 0) is 0 Å². The van der Waals surface area contributed by atoms with Crippen molar-refractivity contribution in [2.75, 3.05) is 27.2 Å². The van der Waals surface area contributed by atoms with E-state index >= 15 is 0 Å². The van der Waals surface area contributed by atoms with Crippen LogP contribution in [0.2, 0.25) is 0 Å². The van der Waals surface area contributed by atoms with Crippen molar-refractivity contribution in [2.45, 2.75) is 25.3 Å². The van der Waals surface area contributed by atoms with Crippen molar-refractivity contribution in [1.82, 2.24) is 10.2 Å². The van der Waals surface area contributed by atoms with Crippen molar-refractivity contribution < 1.29 is 0 Å². The summed E-state index contributed by atoms with van der Waals surface area (Å²) in [4.78, 5) is 2.46. The standard InChI is InChI=1S/C8H18N2/c1-9-7-8-5-3-4-6-10(8)2/h8-9H,3-7H2,1-2H3. The number of piperidine rings is 1. The molecule has 0 aliphatic carbocycles. The van der Waals surface area contributed by atoms with Gasteiger partial charge in [-0.1, -0.05) is 6.42 Å². The molecule has 1 saturated heterocycles. The smallest absolute Gasteiger partial charge is 0.0217 e. The average molecular weight is 142 g/mol. The minimum atomic E-state index is 0.791. The van der Waals surface area contributed by atoms with Crippen LogP contribution in [0, 0.1) is 0 Å². The second kappa shape index (κ2) is 3.94. The average Bonchev–Trinajstić information content (AvgIpc) is 1.94. The first-order valence-corrected chi connectivity index (χ1v) is 4.19. The molecule has 0 saturated carbocycles. The Hall–Kier alpha value is -0.0800. The molecule has 1 aliphatic rings. The maximum absolute atomic E-state index is 3.23. The Labute approximate surface area is 63.6 Å². The molecule has 1 heterocycles. The van der Waals surface area contributed by atoms with E-state index in [1.54, 1.807) is 0 Å². The molecule has 1 N–H and O–H groups in total. The predicted molar refractivity (Wildman–Crippen MR) is 44.2 cm³/mol. The van der Waals surface area contributed by atoms with Gasteiger partial charge in [-0.25, -0.2) is 0 Å². The Kier molecular flexibility index (Phi) is 3.16. The molecule has 0 aromatic heterocycles. The molecule has 10 heavy (non-hydrogen) atoms. The SMILES string of the molecule is CNCC1CCCCN1C. The highest BCUT2D eigenvalue weighted by Crippen LogP contribution is 2.13. The van der Waals surface area contributed by atoms with Gasteiger partial charge in [0.1, 0.15) is 0 Å². The van der Waals surface area contributed by atoms with Crippen LogP contribution >= 0.6 is 0 Å². The first-order valence-electron chi connectivity index (χ1n) is 4.19. The summed E-state index contributed by atoms with van der Waals surface area (Å²) in [5.41, 5.74) is 0. The van der Waals surface area contributed by atoms with Crippen LogP contribution in [0.1, 0.15) is 19.3 Å². The topological polar surface area (TPSA) is 15.3 Å². The quantitative estimate of drug-likeness (QED) is 0.610. The molecular formula is C8H18N2. The van der Waals surface area contributed by atoms with E-state index in [4.69, 9.17) is 0 Å². The van der Waals surface area contributed by atoms with Crippen LogP contribution in [-0.4, -0.2) is 38.1 Å². The first kappa shape index (κ1) is 8.02. The fraction of sp³-hybridized carbons (Fsp3) is 1.00. The molecule has 0 bridgehead atoms. The number of hydrogen-bond acceptors (Lipinski definition) is 2. The van der Waals surface area contributed by atoms with E-state index in [0.717, 1.165) is 12.6 Å². The van der Waals surface area contributed by atoms with E-state index in [9.17, 15) is 0 Å². The third kappa shape index (κ3) is 1.96. The van der Waals surface area contributed by atoms with Gasteiger partial charge in [-0.15, -0.1) is 0 Å².